The first-order valence-corrected chi connectivity index (χ1v) is 8.53. The van der Waals surface area contributed by atoms with Crippen LogP contribution in [-0.4, -0.2) is 25.0 Å². The molecule has 0 spiro atoms. The molecule has 2 rings (SSSR count). The van der Waals surface area contributed by atoms with Gasteiger partial charge in [-0.25, -0.2) is 18.4 Å². The molecule has 1 aliphatic carbocycles. The summed E-state index contributed by atoms with van der Waals surface area (Å²) in [5.41, 5.74) is -0.874. The highest BCUT2D eigenvalue weighted by molar-refractivity contribution is 7.89. The molecule has 0 heterocycles. The van der Waals surface area contributed by atoms with Gasteiger partial charge < -0.3 is 10.4 Å². The second kappa shape index (κ2) is 6.03. The molecule has 1 aromatic rings. The number of rotatable bonds is 4. The van der Waals surface area contributed by atoms with Crippen LogP contribution < -0.4 is 10.5 Å². The molecule has 0 bridgehead atoms. The van der Waals surface area contributed by atoms with Crippen molar-refractivity contribution in [2.24, 2.45) is 5.14 Å². The summed E-state index contributed by atoms with van der Waals surface area (Å²) in [5, 5.41) is 17.8. The van der Waals surface area contributed by atoms with Gasteiger partial charge in [-0.1, -0.05) is 37.8 Å². The molecule has 6 nitrogen and oxygen atoms in total. The predicted molar refractivity (Wildman–Crippen MR) is 79.5 cm³/mol. The van der Waals surface area contributed by atoms with Crippen molar-refractivity contribution < 1.29 is 18.3 Å². The van der Waals surface area contributed by atoms with Crippen LogP contribution in [-0.2, 0) is 14.8 Å². The summed E-state index contributed by atoms with van der Waals surface area (Å²) < 4.78 is 23.3. The Hall–Kier alpha value is -1.60. The third kappa shape index (κ3) is 3.54. The van der Waals surface area contributed by atoms with Crippen LogP contribution in [0.25, 0.3) is 0 Å². The molecule has 1 fully saturated rings. The number of hydrogen-bond acceptors (Lipinski definition) is 4. The SMILES string of the molecule is NS(=O)(=O)c1ccccc1NC1(C(=O)O)CCCCCC1. The lowest BCUT2D eigenvalue weighted by Crippen LogP contribution is -2.46. The van der Waals surface area contributed by atoms with E-state index in [2.05, 4.69) is 5.32 Å². The fraction of sp³-hybridized carbons (Fsp3) is 0.500. The number of carboxylic acids is 1. The first-order chi connectivity index (χ1) is 9.85. The molecule has 21 heavy (non-hydrogen) atoms. The smallest absolute Gasteiger partial charge is 0.329 e. The molecule has 0 aliphatic heterocycles. The second-order valence-electron chi connectivity index (χ2n) is 5.47. The molecule has 116 valence electrons. The van der Waals surface area contributed by atoms with Crippen LogP contribution in [0.1, 0.15) is 38.5 Å². The third-order valence-electron chi connectivity index (χ3n) is 3.93. The lowest BCUT2D eigenvalue weighted by atomic mass is 9.90. The van der Waals surface area contributed by atoms with E-state index in [4.69, 9.17) is 5.14 Å². The van der Waals surface area contributed by atoms with Gasteiger partial charge in [-0.3, -0.25) is 0 Å². The van der Waals surface area contributed by atoms with Gasteiger partial charge in [0.05, 0.1) is 5.69 Å². The number of primary sulfonamides is 1. The van der Waals surface area contributed by atoms with Gasteiger partial charge in [-0.15, -0.1) is 0 Å². The number of aliphatic carboxylic acids is 1. The molecule has 0 saturated heterocycles. The molecule has 0 amide bonds. The Bertz CT molecular complexity index is 620. The topological polar surface area (TPSA) is 109 Å². The van der Waals surface area contributed by atoms with E-state index in [-0.39, 0.29) is 10.6 Å². The van der Waals surface area contributed by atoms with Crippen LogP contribution in [0.15, 0.2) is 29.2 Å². The number of nitrogens with one attached hydrogen (secondary N) is 1. The number of para-hydroxylation sites is 1. The van der Waals surface area contributed by atoms with Crippen molar-refractivity contribution in [1.29, 1.82) is 0 Å². The number of anilines is 1. The van der Waals surface area contributed by atoms with E-state index in [0.717, 1.165) is 25.7 Å². The summed E-state index contributed by atoms with van der Waals surface area (Å²) >= 11 is 0. The maximum atomic E-state index is 11.8. The Morgan fingerprint density at radius 3 is 2.24 bits per heavy atom. The minimum atomic E-state index is -3.90. The molecule has 0 aromatic heterocycles. The maximum absolute atomic E-state index is 11.8. The summed E-state index contributed by atoms with van der Waals surface area (Å²) in [7, 11) is -3.90. The highest BCUT2D eigenvalue weighted by atomic mass is 32.2. The molecule has 1 aliphatic rings. The van der Waals surface area contributed by atoms with Gasteiger partial charge in [0.2, 0.25) is 10.0 Å². The average molecular weight is 312 g/mol. The van der Waals surface area contributed by atoms with Crippen LogP contribution in [0.2, 0.25) is 0 Å². The maximum Gasteiger partial charge on any atom is 0.329 e. The summed E-state index contributed by atoms with van der Waals surface area (Å²) in [6.45, 7) is 0. The van der Waals surface area contributed by atoms with Gasteiger partial charge in [0, 0.05) is 0 Å². The average Bonchev–Trinajstić information content (AvgIpc) is 2.65. The standard InChI is InChI=1S/C14H20N2O4S/c15-21(19,20)12-8-4-3-7-11(12)16-14(13(17)18)9-5-1-2-6-10-14/h3-4,7-8,16H,1-2,5-6,9-10H2,(H,17,18)(H2,15,19,20). The van der Waals surface area contributed by atoms with E-state index in [1.807, 2.05) is 0 Å². The molecule has 0 unspecified atom stereocenters. The van der Waals surface area contributed by atoms with Crippen molar-refractivity contribution in [2.45, 2.75) is 49.0 Å². The molecular formula is C14H20N2O4S. The van der Waals surface area contributed by atoms with Crippen molar-refractivity contribution in [1.82, 2.24) is 0 Å². The first kappa shape index (κ1) is 15.8. The van der Waals surface area contributed by atoms with E-state index in [1.165, 1.54) is 6.07 Å². The minimum absolute atomic E-state index is 0.0742. The Morgan fingerprint density at radius 2 is 1.71 bits per heavy atom. The molecule has 0 radical (unpaired) electrons. The Labute approximate surface area is 124 Å². The molecule has 4 N–H and O–H groups in total. The Kier molecular flexibility index (Phi) is 4.53. The fourth-order valence-corrected chi connectivity index (χ4v) is 3.49. The van der Waals surface area contributed by atoms with Gasteiger partial charge in [0.25, 0.3) is 0 Å². The number of nitrogens with two attached hydrogens (primary N) is 1. The molecular weight excluding hydrogens is 292 g/mol. The Balaban J connectivity index is 2.40. The zero-order valence-electron chi connectivity index (χ0n) is 11.7. The number of sulfonamides is 1. The predicted octanol–water partition coefficient (Wildman–Crippen LogP) is 1.92. The highest BCUT2D eigenvalue weighted by Crippen LogP contribution is 2.33. The number of carbonyl (C=O) groups is 1. The van der Waals surface area contributed by atoms with Crippen LogP contribution in [0.4, 0.5) is 5.69 Å². The van der Waals surface area contributed by atoms with E-state index < -0.39 is 21.5 Å². The van der Waals surface area contributed by atoms with E-state index in [9.17, 15) is 18.3 Å². The fourth-order valence-electron chi connectivity index (χ4n) is 2.80. The monoisotopic (exact) mass is 312 g/mol. The van der Waals surface area contributed by atoms with Crippen LogP contribution in [0.5, 0.6) is 0 Å². The normalized spacial score (nSPS) is 18.7. The number of benzene rings is 1. The summed E-state index contributed by atoms with van der Waals surface area (Å²) in [6.07, 6.45) is 4.54. The van der Waals surface area contributed by atoms with Crippen molar-refractivity contribution in [3.63, 3.8) is 0 Å². The van der Waals surface area contributed by atoms with E-state index in [0.29, 0.717) is 12.8 Å². The van der Waals surface area contributed by atoms with Gasteiger partial charge >= 0.3 is 5.97 Å². The van der Waals surface area contributed by atoms with E-state index in [1.54, 1.807) is 18.2 Å². The molecule has 7 heteroatoms. The zero-order valence-corrected chi connectivity index (χ0v) is 12.5. The highest BCUT2D eigenvalue weighted by Gasteiger charge is 2.39. The summed E-state index contributed by atoms with van der Waals surface area (Å²) in [5.74, 6) is -0.950. The van der Waals surface area contributed by atoms with Crippen molar-refractivity contribution in [2.75, 3.05) is 5.32 Å². The molecule has 0 atom stereocenters. The van der Waals surface area contributed by atoms with Crippen LogP contribution in [0, 0.1) is 0 Å². The molecule has 1 aromatic carbocycles. The third-order valence-corrected chi connectivity index (χ3v) is 4.90. The molecule has 1 saturated carbocycles. The van der Waals surface area contributed by atoms with Crippen molar-refractivity contribution in [3.05, 3.63) is 24.3 Å². The quantitative estimate of drug-likeness (QED) is 0.736. The van der Waals surface area contributed by atoms with Crippen molar-refractivity contribution in [3.8, 4) is 0 Å². The van der Waals surface area contributed by atoms with Crippen LogP contribution >= 0.6 is 0 Å². The summed E-state index contributed by atoms with van der Waals surface area (Å²) in [6, 6.07) is 6.15. The minimum Gasteiger partial charge on any atom is -0.480 e. The number of carboxylic acid groups (broad SMARTS) is 1. The number of hydrogen-bond donors (Lipinski definition) is 3. The van der Waals surface area contributed by atoms with E-state index >= 15 is 0 Å². The zero-order chi connectivity index (χ0) is 15.5. The Morgan fingerprint density at radius 1 is 1.14 bits per heavy atom. The van der Waals surface area contributed by atoms with Gasteiger partial charge in [-0.05, 0) is 25.0 Å². The largest absolute Gasteiger partial charge is 0.480 e. The van der Waals surface area contributed by atoms with Crippen molar-refractivity contribution >= 4 is 21.7 Å². The van der Waals surface area contributed by atoms with Gasteiger partial charge in [-0.2, -0.15) is 0 Å². The first-order valence-electron chi connectivity index (χ1n) is 6.99. The van der Waals surface area contributed by atoms with Gasteiger partial charge in [0.1, 0.15) is 10.4 Å². The summed E-state index contributed by atoms with van der Waals surface area (Å²) in [4.78, 5) is 11.7. The lowest BCUT2D eigenvalue weighted by Gasteiger charge is -2.31. The van der Waals surface area contributed by atoms with Gasteiger partial charge in [0.15, 0.2) is 0 Å². The van der Waals surface area contributed by atoms with Crippen LogP contribution in [0.3, 0.4) is 0 Å². The lowest BCUT2D eigenvalue weighted by molar-refractivity contribution is -0.142. The second-order valence-corrected chi connectivity index (χ2v) is 7.00.